The van der Waals surface area contributed by atoms with E-state index in [1.54, 1.807) is 12.1 Å². The van der Waals surface area contributed by atoms with Gasteiger partial charge < -0.3 is 10.6 Å². The van der Waals surface area contributed by atoms with Gasteiger partial charge in [0.25, 0.3) is 5.69 Å². The molecule has 2 N–H and O–H groups in total. The van der Waals surface area contributed by atoms with E-state index in [0.717, 1.165) is 18.4 Å². The molecule has 1 unspecified atom stereocenters. The van der Waals surface area contributed by atoms with Crippen molar-refractivity contribution >= 4 is 45.5 Å². The van der Waals surface area contributed by atoms with Crippen LogP contribution < -0.4 is 10.6 Å². The molecular weight excluding hydrogens is 483 g/mol. The number of nitrogens with zero attached hydrogens (tertiary/aromatic N) is 2. The van der Waals surface area contributed by atoms with Gasteiger partial charge in [-0.05, 0) is 24.8 Å². The molecule has 1 aliphatic carbocycles. The number of nitrogens with one attached hydrogen (secondary N) is 2. The van der Waals surface area contributed by atoms with Gasteiger partial charge in [0.05, 0.1) is 23.0 Å². The second kappa shape index (κ2) is 9.67. The molecule has 1 heterocycles. The first-order valence-corrected chi connectivity index (χ1v) is 10.7. The predicted octanol–water partition coefficient (Wildman–Crippen LogP) is 2.38. The molecule has 1 saturated carbocycles. The summed E-state index contributed by atoms with van der Waals surface area (Å²) in [6.45, 7) is 0.375. The van der Waals surface area contributed by atoms with Gasteiger partial charge in [-0.15, -0.1) is 24.0 Å². The SMILES string of the molecule is I.O=[N+]([O-])c1ccc(CN=C(NC2CCCC2)NC2CCS(=O)(=O)C2)cc1. The first kappa shape index (κ1) is 21.9. The quantitative estimate of drug-likeness (QED) is 0.208. The fourth-order valence-electron chi connectivity index (χ4n) is 3.39. The van der Waals surface area contributed by atoms with Crippen LogP contribution in [0.25, 0.3) is 0 Å². The maximum atomic E-state index is 11.7. The predicted molar refractivity (Wildman–Crippen MR) is 115 cm³/mol. The molecule has 1 aromatic carbocycles. The van der Waals surface area contributed by atoms with Gasteiger partial charge in [0.2, 0.25) is 0 Å². The molecule has 0 spiro atoms. The van der Waals surface area contributed by atoms with Crippen LogP contribution in [0.15, 0.2) is 29.3 Å². The number of non-ortho nitro benzene ring substituents is 1. The van der Waals surface area contributed by atoms with Crippen molar-refractivity contribution in [2.75, 3.05) is 11.5 Å². The number of hydrogen-bond donors (Lipinski definition) is 2. The molecule has 1 aliphatic heterocycles. The van der Waals surface area contributed by atoms with Crippen molar-refractivity contribution in [2.24, 2.45) is 4.99 Å². The van der Waals surface area contributed by atoms with Crippen LogP contribution in [0.1, 0.15) is 37.7 Å². The fourth-order valence-corrected chi connectivity index (χ4v) is 5.07. The van der Waals surface area contributed by atoms with Crippen LogP contribution in [0.5, 0.6) is 0 Å². The third kappa shape index (κ3) is 6.59. The van der Waals surface area contributed by atoms with E-state index < -0.39 is 14.8 Å². The zero-order valence-electron chi connectivity index (χ0n) is 15.0. The number of nitro groups is 1. The van der Waals surface area contributed by atoms with E-state index in [4.69, 9.17) is 0 Å². The van der Waals surface area contributed by atoms with Crippen molar-refractivity contribution in [3.63, 3.8) is 0 Å². The lowest BCUT2D eigenvalue weighted by Gasteiger charge is -2.20. The smallest absolute Gasteiger partial charge is 0.269 e. The largest absolute Gasteiger partial charge is 0.354 e. The van der Waals surface area contributed by atoms with Gasteiger partial charge in [-0.25, -0.2) is 13.4 Å². The molecule has 150 valence electrons. The molecule has 1 saturated heterocycles. The van der Waals surface area contributed by atoms with Gasteiger partial charge in [-0.1, -0.05) is 25.0 Å². The van der Waals surface area contributed by atoms with E-state index in [0.29, 0.717) is 25.0 Å². The molecule has 2 fully saturated rings. The van der Waals surface area contributed by atoms with Crippen molar-refractivity contribution in [2.45, 2.75) is 50.7 Å². The van der Waals surface area contributed by atoms with Crippen LogP contribution in [0.4, 0.5) is 5.69 Å². The zero-order valence-corrected chi connectivity index (χ0v) is 18.1. The maximum absolute atomic E-state index is 11.7. The Balaban J connectivity index is 0.00000261. The third-order valence-electron chi connectivity index (χ3n) is 4.84. The van der Waals surface area contributed by atoms with Crippen molar-refractivity contribution in [3.05, 3.63) is 39.9 Å². The van der Waals surface area contributed by atoms with Crippen molar-refractivity contribution < 1.29 is 13.3 Å². The number of aliphatic imine (C=N–C) groups is 1. The Morgan fingerprint density at radius 1 is 1.11 bits per heavy atom. The lowest BCUT2D eigenvalue weighted by atomic mass is 10.2. The van der Waals surface area contributed by atoms with Gasteiger partial charge in [-0.3, -0.25) is 10.1 Å². The van der Waals surface area contributed by atoms with Crippen molar-refractivity contribution in [1.29, 1.82) is 0 Å². The van der Waals surface area contributed by atoms with Crippen LogP contribution in [-0.4, -0.2) is 42.9 Å². The molecule has 27 heavy (non-hydrogen) atoms. The maximum Gasteiger partial charge on any atom is 0.269 e. The fraction of sp³-hybridized carbons (Fsp3) is 0.588. The number of nitro benzene ring substituents is 1. The molecule has 0 aromatic heterocycles. The van der Waals surface area contributed by atoms with Gasteiger partial charge in [-0.2, -0.15) is 0 Å². The summed E-state index contributed by atoms with van der Waals surface area (Å²) < 4.78 is 23.4. The van der Waals surface area contributed by atoms with E-state index in [1.807, 2.05) is 0 Å². The zero-order chi connectivity index (χ0) is 18.6. The van der Waals surface area contributed by atoms with E-state index in [2.05, 4.69) is 15.6 Å². The van der Waals surface area contributed by atoms with E-state index in [9.17, 15) is 18.5 Å². The average Bonchev–Trinajstić information content (AvgIpc) is 3.22. The number of rotatable bonds is 5. The summed E-state index contributed by atoms with van der Waals surface area (Å²) in [6.07, 6.45) is 5.13. The Morgan fingerprint density at radius 2 is 1.74 bits per heavy atom. The van der Waals surface area contributed by atoms with Gasteiger partial charge in [0, 0.05) is 24.2 Å². The number of benzene rings is 1. The molecule has 1 aromatic rings. The van der Waals surface area contributed by atoms with Crippen LogP contribution in [0.3, 0.4) is 0 Å². The highest BCUT2D eigenvalue weighted by Crippen LogP contribution is 2.18. The van der Waals surface area contributed by atoms with Gasteiger partial charge in [0.1, 0.15) is 0 Å². The Hall–Kier alpha value is -1.43. The highest BCUT2D eigenvalue weighted by Gasteiger charge is 2.29. The average molecular weight is 508 g/mol. The highest BCUT2D eigenvalue weighted by atomic mass is 127. The summed E-state index contributed by atoms with van der Waals surface area (Å²) in [5.41, 5.74) is 0.915. The van der Waals surface area contributed by atoms with Crippen LogP contribution in [0, 0.1) is 10.1 Å². The minimum atomic E-state index is -2.96. The summed E-state index contributed by atoms with van der Waals surface area (Å²) in [7, 11) is -2.96. The lowest BCUT2D eigenvalue weighted by Crippen LogP contribution is -2.47. The number of hydrogen-bond acceptors (Lipinski definition) is 5. The number of halogens is 1. The van der Waals surface area contributed by atoms with Crippen molar-refractivity contribution in [3.8, 4) is 0 Å². The van der Waals surface area contributed by atoms with Crippen molar-refractivity contribution in [1.82, 2.24) is 10.6 Å². The van der Waals surface area contributed by atoms with Crippen LogP contribution in [-0.2, 0) is 16.4 Å². The number of guanidine groups is 1. The summed E-state index contributed by atoms with van der Waals surface area (Å²) in [5, 5.41) is 17.4. The molecular formula is C17H25IN4O4S. The lowest BCUT2D eigenvalue weighted by molar-refractivity contribution is -0.384. The van der Waals surface area contributed by atoms with Gasteiger partial charge >= 0.3 is 0 Å². The Morgan fingerprint density at radius 3 is 2.30 bits per heavy atom. The Labute approximate surface area is 176 Å². The molecule has 8 nitrogen and oxygen atoms in total. The highest BCUT2D eigenvalue weighted by molar-refractivity contribution is 14.0. The molecule has 0 radical (unpaired) electrons. The van der Waals surface area contributed by atoms with Gasteiger partial charge in [0.15, 0.2) is 15.8 Å². The first-order valence-electron chi connectivity index (χ1n) is 8.92. The molecule has 10 heteroatoms. The topological polar surface area (TPSA) is 114 Å². The number of sulfone groups is 1. The second-order valence-electron chi connectivity index (χ2n) is 6.96. The minimum Gasteiger partial charge on any atom is -0.354 e. The molecule has 0 bridgehead atoms. The van der Waals surface area contributed by atoms with E-state index in [-0.39, 0.29) is 47.2 Å². The third-order valence-corrected chi connectivity index (χ3v) is 6.60. The molecule has 0 amide bonds. The monoisotopic (exact) mass is 508 g/mol. The van der Waals surface area contributed by atoms with E-state index >= 15 is 0 Å². The van der Waals surface area contributed by atoms with Crippen LogP contribution >= 0.6 is 24.0 Å². The second-order valence-corrected chi connectivity index (χ2v) is 9.19. The standard InChI is InChI=1S/C17H24N4O4S.HI/c22-21(23)16-7-5-13(6-8-16)11-18-17(19-14-3-1-2-4-14)20-15-9-10-26(24,25)12-15;/h5-8,14-15H,1-4,9-12H2,(H2,18,19,20);1H. The molecule has 2 aliphatic rings. The molecule has 1 atom stereocenters. The summed E-state index contributed by atoms with van der Waals surface area (Å²) >= 11 is 0. The van der Waals surface area contributed by atoms with E-state index in [1.165, 1.54) is 25.0 Å². The minimum absolute atomic E-state index is 0. The van der Waals surface area contributed by atoms with Crippen LogP contribution in [0.2, 0.25) is 0 Å². The Bertz CT molecular complexity index is 777. The summed E-state index contributed by atoms with van der Waals surface area (Å²) in [5.74, 6) is 0.969. The molecule has 3 rings (SSSR count). The summed E-state index contributed by atoms with van der Waals surface area (Å²) in [4.78, 5) is 14.9. The normalized spacial score (nSPS) is 22.2. The first-order chi connectivity index (χ1) is 12.4. The Kier molecular flexibility index (Phi) is 7.83. The summed E-state index contributed by atoms with van der Waals surface area (Å²) in [6, 6.07) is 6.54.